The van der Waals surface area contributed by atoms with Crippen molar-refractivity contribution in [2.24, 2.45) is 0 Å². The molecule has 0 aliphatic carbocycles. The van der Waals surface area contributed by atoms with Gasteiger partial charge in [-0.1, -0.05) is 60.7 Å². The zero-order chi connectivity index (χ0) is 23.2. The maximum Gasteiger partial charge on any atom is 0.269 e. The molecule has 0 aliphatic heterocycles. The zero-order valence-electron chi connectivity index (χ0n) is 17.6. The lowest BCUT2D eigenvalue weighted by Crippen LogP contribution is -1.97. The Hall–Kier alpha value is -4.52. The van der Waals surface area contributed by atoms with E-state index in [0.717, 1.165) is 22.3 Å². The minimum atomic E-state index is -0.414. The van der Waals surface area contributed by atoms with Gasteiger partial charge in [0.15, 0.2) is 0 Å². The van der Waals surface area contributed by atoms with Crippen LogP contribution in [0.1, 0.15) is 22.3 Å². The van der Waals surface area contributed by atoms with E-state index in [1.807, 2.05) is 48.5 Å². The highest BCUT2D eigenvalue weighted by Crippen LogP contribution is 2.31. The number of rotatable bonds is 8. The minimum Gasteiger partial charge on any atom is -0.457 e. The quantitative estimate of drug-likeness (QED) is 0.231. The molecule has 0 amide bonds. The van der Waals surface area contributed by atoms with Gasteiger partial charge in [-0.2, -0.15) is 0 Å². The Bertz CT molecular complexity index is 1180. The highest BCUT2D eigenvalue weighted by Gasteiger charge is 2.11. The number of hydrogen-bond donors (Lipinski definition) is 0. The van der Waals surface area contributed by atoms with E-state index in [9.17, 15) is 20.2 Å². The van der Waals surface area contributed by atoms with Crippen molar-refractivity contribution in [3.63, 3.8) is 0 Å². The average Bonchev–Trinajstić information content (AvgIpc) is 2.82. The van der Waals surface area contributed by atoms with Crippen LogP contribution in [0.4, 0.5) is 11.4 Å². The van der Waals surface area contributed by atoms with Gasteiger partial charge >= 0.3 is 0 Å². The van der Waals surface area contributed by atoms with Gasteiger partial charge in [0.25, 0.3) is 11.4 Å². The van der Waals surface area contributed by atoms with Crippen LogP contribution in [0.2, 0.25) is 0 Å². The van der Waals surface area contributed by atoms with Crippen molar-refractivity contribution in [1.29, 1.82) is 0 Å². The Morgan fingerprint density at radius 1 is 0.545 bits per heavy atom. The number of ether oxygens (including phenoxy) is 1. The predicted octanol–water partition coefficient (Wildman–Crippen LogP) is 6.48. The van der Waals surface area contributed by atoms with Crippen molar-refractivity contribution < 1.29 is 14.6 Å². The molecule has 0 N–H and O–H groups in total. The maximum atomic E-state index is 10.9. The Labute approximate surface area is 190 Å². The predicted molar refractivity (Wildman–Crippen MR) is 125 cm³/mol. The molecular formula is C26H20N2O5. The Kier molecular flexibility index (Phi) is 6.40. The van der Waals surface area contributed by atoms with E-state index >= 15 is 0 Å². The summed E-state index contributed by atoms with van der Waals surface area (Å²) < 4.78 is 6.29. The summed E-state index contributed by atoms with van der Waals surface area (Å²) in [6.07, 6.45) is 1.14. The summed E-state index contributed by atoms with van der Waals surface area (Å²) in [6.45, 7) is 0. The summed E-state index contributed by atoms with van der Waals surface area (Å²) in [7, 11) is 0. The van der Waals surface area contributed by atoms with E-state index in [1.54, 1.807) is 24.3 Å². The molecule has 7 nitrogen and oxygen atoms in total. The van der Waals surface area contributed by atoms with Crippen LogP contribution in [-0.2, 0) is 12.8 Å². The van der Waals surface area contributed by atoms with Gasteiger partial charge in [0.05, 0.1) is 9.85 Å². The summed E-state index contributed by atoms with van der Waals surface area (Å²) in [5.74, 6) is 1.40. The van der Waals surface area contributed by atoms with Gasteiger partial charge in [-0.25, -0.2) is 0 Å². The molecule has 0 unspecified atom stereocenters. The summed E-state index contributed by atoms with van der Waals surface area (Å²) in [5, 5.41) is 21.8. The normalized spacial score (nSPS) is 10.5. The van der Waals surface area contributed by atoms with Crippen LogP contribution in [0.15, 0.2) is 97.1 Å². The van der Waals surface area contributed by atoms with Crippen molar-refractivity contribution in [3.05, 3.63) is 140 Å². The Morgan fingerprint density at radius 3 is 1.27 bits per heavy atom. The molecule has 0 saturated carbocycles. The second-order valence-corrected chi connectivity index (χ2v) is 7.52. The number of non-ortho nitro benzene ring substituents is 2. The van der Waals surface area contributed by atoms with Gasteiger partial charge in [-0.05, 0) is 34.4 Å². The maximum absolute atomic E-state index is 10.9. The molecule has 4 aromatic rings. The van der Waals surface area contributed by atoms with E-state index in [-0.39, 0.29) is 11.4 Å². The van der Waals surface area contributed by atoms with Crippen molar-refractivity contribution >= 4 is 11.4 Å². The van der Waals surface area contributed by atoms with Crippen LogP contribution in [0.25, 0.3) is 0 Å². The fourth-order valence-electron chi connectivity index (χ4n) is 3.53. The Morgan fingerprint density at radius 2 is 0.909 bits per heavy atom. The van der Waals surface area contributed by atoms with E-state index in [0.29, 0.717) is 24.3 Å². The lowest BCUT2D eigenvalue weighted by Gasteiger charge is -2.14. The zero-order valence-corrected chi connectivity index (χ0v) is 17.6. The number of nitro groups is 2. The number of hydrogen-bond acceptors (Lipinski definition) is 5. The van der Waals surface area contributed by atoms with Crippen molar-refractivity contribution in [1.82, 2.24) is 0 Å². The van der Waals surface area contributed by atoms with Gasteiger partial charge in [0.2, 0.25) is 0 Å². The first-order valence-electron chi connectivity index (χ1n) is 10.3. The van der Waals surface area contributed by atoms with Gasteiger partial charge in [-0.3, -0.25) is 20.2 Å². The van der Waals surface area contributed by atoms with E-state index < -0.39 is 9.85 Å². The molecule has 33 heavy (non-hydrogen) atoms. The van der Waals surface area contributed by atoms with Gasteiger partial charge in [0.1, 0.15) is 11.5 Å². The summed E-state index contributed by atoms with van der Waals surface area (Å²) in [4.78, 5) is 21.0. The van der Waals surface area contributed by atoms with Crippen LogP contribution in [-0.4, -0.2) is 9.85 Å². The average molecular weight is 440 g/mol. The number of nitrogens with zero attached hydrogens (tertiary/aromatic N) is 2. The van der Waals surface area contributed by atoms with E-state index in [4.69, 9.17) is 4.74 Å². The monoisotopic (exact) mass is 440 g/mol. The van der Waals surface area contributed by atoms with Crippen LogP contribution >= 0.6 is 0 Å². The SMILES string of the molecule is O=[N+]([O-])c1ccc(Cc2ccccc2Oc2ccccc2Cc2ccc([N+](=O)[O-])cc2)cc1. The van der Waals surface area contributed by atoms with Crippen molar-refractivity contribution in [2.45, 2.75) is 12.8 Å². The fraction of sp³-hybridized carbons (Fsp3) is 0.0769. The van der Waals surface area contributed by atoms with Crippen LogP contribution in [0.3, 0.4) is 0 Å². The first kappa shape index (κ1) is 21.7. The molecule has 7 heteroatoms. The molecule has 0 bridgehead atoms. The molecule has 0 aliphatic rings. The molecule has 4 aromatic carbocycles. The molecule has 0 spiro atoms. The number of para-hydroxylation sites is 2. The third-order valence-corrected chi connectivity index (χ3v) is 5.25. The molecule has 164 valence electrons. The summed E-state index contributed by atoms with van der Waals surface area (Å²) >= 11 is 0. The highest BCUT2D eigenvalue weighted by atomic mass is 16.6. The smallest absolute Gasteiger partial charge is 0.269 e. The first-order valence-corrected chi connectivity index (χ1v) is 10.3. The largest absolute Gasteiger partial charge is 0.457 e. The van der Waals surface area contributed by atoms with E-state index in [1.165, 1.54) is 24.3 Å². The van der Waals surface area contributed by atoms with Gasteiger partial charge in [0, 0.05) is 37.1 Å². The molecule has 0 atom stereocenters. The topological polar surface area (TPSA) is 95.5 Å². The van der Waals surface area contributed by atoms with Crippen LogP contribution in [0, 0.1) is 20.2 Å². The van der Waals surface area contributed by atoms with Crippen LogP contribution < -0.4 is 4.74 Å². The third kappa shape index (κ3) is 5.40. The molecule has 0 saturated heterocycles. The minimum absolute atomic E-state index is 0.0588. The fourth-order valence-corrected chi connectivity index (χ4v) is 3.53. The molecule has 0 heterocycles. The number of benzene rings is 4. The molecule has 4 rings (SSSR count). The van der Waals surface area contributed by atoms with Gasteiger partial charge in [-0.15, -0.1) is 0 Å². The van der Waals surface area contributed by atoms with Gasteiger partial charge < -0.3 is 4.74 Å². The summed E-state index contributed by atoms with van der Waals surface area (Å²) in [5.41, 5.74) is 3.91. The molecule has 0 fully saturated rings. The van der Waals surface area contributed by atoms with Crippen molar-refractivity contribution in [2.75, 3.05) is 0 Å². The number of nitro benzene ring substituents is 2. The highest BCUT2D eigenvalue weighted by molar-refractivity contribution is 5.46. The second-order valence-electron chi connectivity index (χ2n) is 7.52. The standard InChI is InChI=1S/C26H20N2O5/c29-27(30)23-13-9-19(10-14-23)17-21-5-1-3-7-25(21)33-26-8-4-2-6-22(26)18-20-11-15-24(16-12-20)28(31)32/h1-16H,17-18H2. The lowest BCUT2D eigenvalue weighted by atomic mass is 10.0. The third-order valence-electron chi connectivity index (χ3n) is 5.25. The van der Waals surface area contributed by atoms with Crippen molar-refractivity contribution in [3.8, 4) is 11.5 Å². The summed E-state index contributed by atoms with van der Waals surface area (Å²) in [6, 6.07) is 28.4. The molecular weight excluding hydrogens is 420 g/mol. The van der Waals surface area contributed by atoms with E-state index in [2.05, 4.69) is 0 Å². The van der Waals surface area contributed by atoms with Crippen LogP contribution in [0.5, 0.6) is 11.5 Å². The molecule has 0 radical (unpaired) electrons. The lowest BCUT2D eigenvalue weighted by molar-refractivity contribution is -0.385. The Balaban J connectivity index is 1.55. The first-order chi connectivity index (χ1) is 16.0. The molecule has 0 aromatic heterocycles. The second kappa shape index (κ2) is 9.74.